The van der Waals surface area contributed by atoms with Crippen LogP contribution in [0.25, 0.3) is 0 Å². The highest BCUT2D eigenvalue weighted by Crippen LogP contribution is 1.83. The first kappa shape index (κ1) is 12.1. The zero-order valence-corrected chi connectivity index (χ0v) is 8.30. The van der Waals surface area contributed by atoms with Crippen LogP contribution in [0.1, 0.15) is 13.3 Å². The molecule has 0 aliphatic carbocycles. The van der Waals surface area contributed by atoms with Gasteiger partial charge in [-0.2, -0.15) is 0 Å². The van der Waals surface area contributed by atoms with E-state index < -0.39 is 10.1 Å². The standard InChI is InChI=1S/C5H6N.C3H8O3S/c1-2-4-6-5-3-1;1-2-3-7(4,5)6/h1-3,6H,4H2;2-3H2,1H3,(H,4,5,6)/q+1;/p-1. The highest BCUT2D eigenvalue weighted by atomic mass is 32.2. The molecule has 0 aromatic carbocycles. The van der Waals surface area contributed by atoms with Crippen molar-refractivity contribution in [1.82, 2.24) is 5.32 Å². The van der Waals surface area contributed by atoms with Gasteiger partial charge in [0.2, 0.25) is 0 Å². The van der Waals surface area contributed by atoms with Crippen molar-refractivity contribution in [1.29, 1.82) is 0 Å². The molecule has 1 aliphatic rings. The van der Waals surface area contributed by atoms with Crippen LogP contribution >= 0.6 is 0 Å². The number of hydrogen-bond donors (Lipinski definition) is 1. The Bertz CT molecular complexity index is 255. The van der Waals surface area contributed by atoms with Crippen molar-refractivity contribution in [2.45, 2.75) is 13.3 Å². The molecule has 74 valence electrons. The van der Waals surface area contributed by atoms with Crippen LogP contribution in [-0.2, 0) is 10.1 Å². The maximum absolute atomic E-state index is 9.68. The fraction of sp³-hybridized carbons (Fsp3) is 0.500. The van der Waals surface area contributed by atoms with Gasteiger partial charge in [0.25, 0.3) is 0 Å². The molecule has 0 spiro atoms. The molecule has 0 amide bonds. The van der Waals surface area contributed by atoms with Crippen LogP contribution in [0.5, 0.6) is 0 Å². The van der Waals surface area contributed by atoms with E-state index >= 15 is 0 Å². The number of hydrogen-bond acceptors (Lipinski definition) is 4. The zero-order valence-electron chi connectivity index (χ0n) is 7.49. The molecule has 0 saturated carbocycles. The SMILES string of the molecule is CCCS(=O)(=O)[O-].[C+]1=CC=CCN1. The van der Waals surface area contributed by atoms with Gasteiger partial charge in [-0.25, -0.2) is 8.42 Å². The maximum Gasteiger partial charge on any atom is 0.188 e. The summed E-state index contributed by atoms with van der Waals surface area (Å²) in [7, 11) is -3.92. The molecule has 4 nitrogen and oxygen atoms in total. The molecule has 5 heteroatoms. The van der Waals surface area contributed by atoms with Crippen LogP contribution in [0, 0.1) is 6.20 Å². The second-order valence-electron chi connectivity index (χ2n) is 2.38. The Labute approximate surface area is 79.1 Å². The topological polar surface area (TPSA) is 69.2 Å². The predicted octanol–water partition coefficient (Wildman–Crippen LogP) is 0.404. The van der Waals surface area contributed by atoms with Crippen molar-refractivity contribution in [3.8, 4) is 0 Å². The van der Waals surface area contributed by atoms with E-state index in [4.69, 9.17) is 0 Å². The molecular formula is C8H13NO3S. The molecule has 0 fully saturated rings. The van der Waals surface area contributed by atoms with Crippen molar-refractivity contribution >= 4 is 10.1 Å². The summed E-state index contributed by atoms with van der Waals surface area (Å²) < 4.78 is 29.0. The summed E-state index contributed by atoms with van der Waals surface area (Å²) in [6, 6.07) is 0. The average molecular weight is 203 g/mol. The Balaban J connectivity index is 0.000000223. The molecule has 1 aliphatic heterocycles. The molecule has 0 unspecified atom stereocenters. The van der Waals surface area contributed by atoms with Gasteiger partial charge in [0.05, 0.1) is 22.7 Å². The minimum Gasteiger partial charge on any atom is -0.748 e. The minimum atomic E-state index is -3.92. The van der Waals surface area contributed by atoms with Gasteiger partial charge >= 0.3 is 0 Å². The number of allylic oxidation sites excluding steroid dienone is 2. The normalized spacial score (nSPS) is 13.7. The Morgan fingerprint density at radius 1 is 1.62 bits per heavy atom. The fourth-order valence-corrected chi connectivity index (χ4v) is 1.11. The largest absolute Gasteiger partial charge is 0.748 e. The maximum atomic E-state index is 9.68. The Morgan fingerprint density at radius 3 is 2.38 bits per heavy atom. The lowest BCUT2D eigenvalue weighted by Gasteiger charge is -2.00. The van der Waals surface area contributed by atoms with Gasteiger partial charge in [-0.15, -0.1) is 0 Å². The lowest BCUT2D eigenvalue weighted by Crippen LogP contribution is -2.06. The number of dihydropyridines is 1. The second-order valence-corrected chi connectivity index (χ2v) is 3.91. The van der Waals surface area contributed by atoms with Gasteiger partial charge in [0.15, 0.2) is 12.3 Å². The minimum absolute atomic E-state index is 0.243. The molecule has 1 N–H and O–H groups in total. The van der Waals surface area contributed by atoms with Crippen LogP contribution in [0.3, 0.4) is 0 Å². The fourth-order valence-electron chi connectivity index (χ4n) is 0.611. The summed E-state index contributed by atoms with van der Waals surface area (Å²) in [5.74, 6) is -0.243. The molecular weight excluding hydrogens is 190 g/mol. The Kier molecular flexibility index (Phi) is 6.14. The first-order valence-electron chi connectivity index (χ1n) is 3.96. The third-order valence-corrected chi connectivity index (χ3v) is 2.00. The van der Waals surface area contributed by atoms with E-state index in [0.717, 1.165) is 6.54 Å². The summed E-state index contributed by atoms with van der Waals surface area (Å²) >= 11 is 0. The van der Waals surface area contributed by atoms with E-state index in [1.807, 2.05) is 18.2 Å². The van der Waals surface area contributed by atoms with Crippen molar-refractivity contribution in [3.05, 3.63) is 24.4 Å². The molecule has 13 heavy (non-hydrogen) atoms. The van der Waals surface area contributed by atoms with Gasteiger partial charge in [-0.05, 0) is 6.42 Å². The first-order chi connectivity index (χ1) is 6.06. The third kappa shape index (κ3) is 11.1. The van der Waals surface area contributed by atoms with Crippen LogP contribution in [-0.4, -0.2) is 25.3 Å². The summed E-state index contributed by atoms with van der Waals surface area (Å²) in [5.41, 5.74) is 0. The highest BCUT2D eigenvalue weighted by molar-refractivity contribution is 7.85. The van der Waals surface area contributed by atoms with Crippen LogP contribution in [0.4, 0.5) is 0 Å². The van der Waals surface area contributed by atoms with E-state index in [9.17, 15) is 13.0 Å². The highest BCUT2D eigenvalue weighted by Gasteiger charge is 1.87. The van der Waals surface area contributed by atoms with Crippen LogP contribution < -0.4 is 5.32 Å². The van der Waals surface area contributed by atoms with Crippen molar-refractivity contribution in [3.63, 3.8) is 0 Å². The number of nitrogens with one attached hydrogen (secondary N) is 1. The zero-order chi connectivity index (χ0) is 10.2. The smallest absolute Gasteiger partial charge is 0.188 e. The molecule has 0 atom stereocenters. The van der Waals surface area contributed by atoms with E-state index in [2.05, 4.69) is 11.5 Å². The monoisotopic (exact) mass is 203 g/mol. The summed E-state index contributed by atoms with van der Waals surface area (Å²) in [4.78, 5) is 0. The molecule has 0 radical (unpaired) electrons. The van der Waals surface area contributed by atoms with Gasteiger partial charge in [-0.1, -0.05) is 6.92 Å². The first-order valence-corrected chi connectivity index (χ1v) is 5.54. The summed E-state index contributed by atoms with van der Waals surface area (Å²) in [6.45, 7) is 2.58. The molecule has 1 heterocycles. The Hall–Kier alpha value is -0.900. The summed E-state index contributed by atoms with van der Waals surface area (Å²) in [5, 5.41) is 2.89. The quantitative estimate of drug-likeness (QED) is 0.521. The summed E-state index contributed by atoms with van der Waals surface area (Å²) in [6.07, 6.45) is 9.09. The van der Waals surface area contributed by atoms with Gasteiger partial charge in [0, 0.05) is 11.8 Å². The van der Waals surface area contributed by atoms with Crippen molar-refractivity contribution in [2.75, 3.05) is 12.3 Å². The average Bonchev–Trinajstić information content (AvgIpc) is 2.06. The predicted molar refractivity (Wildman–Crippen MR) is 49.8 cm³/mol. The van der Waals surface area contributed by atoms with Gasteiger partial charge in [0.1, 0.15) is 0 Å². The van der Waals surface area contributed by atoms with Crippen LogP contribution in [0.2, 0.25) is 0 Å². The van der Waals surface area contributed by atoms with E-state index in [0.29, 0.717) is 6.42 Å². The van der Waals surface area contributed by atoms with Crippen LogP contribution in [0.15, 0.2) is 18.2 Å². The Morgan fingerprint density at radius 2 is 2.31 bits per heavy atom. The van der Waals surface area contributed by atoms with Crippen molar-refractivity contribution in [2.24, 2.45) is 0 Å². The third-order valence-electron chi connectivity index (χ3n) is 1.09. The van der Waals surface area contributed by atoms with Crippen molar-refractivity contribution < 1.29 is 13.0 Å². The van der Waals surface area contributed by atoms with Gasteiger partial charge < -0.3 is 4.55 Å². The lowest BCUT2D eigenvalue weighted by molar-refractivity contribution is 0.462. The molecule has 0 aromatic heterocycles. The van der Waals surface area contributed by atoms with Gasteiger partial charge in [-0.3, -0.25) is 5.32 Å². The second kappa shape index (κ2) is 6.60. The molecule has 0 bridgehead atoms. The molecule has 1 rings (SSSR count). The van der Waals surface area contributed by atoms with E-state index in [-0.39, 0.29) is 5.75 Å². The van der Waals surface area contributed by atoms with E-state index in [1.165, 1.54) is 0 Å². The molecule has 0 saturated heterocycles. The molecule has 0 aromatic rings. The lowest BCUT2D eigenvalue weighted by atomic mass is 10.4. The number of rotatable bonds is 2. The van der Waals surface area contributed by atoms with E-state index in [1.54, 1.807) is 6.92 Å².